The number of amides is 1. The second kappa shape index (κ2) is 6.46. The van der Waals surface area contributed by atoms with Crippen LogP contribution in [0.25, 0.3) is 0 Å². The Morgan fingerprint density at radius 2 is 1.86 bits per heavy atom. The van der Waals surface area contributed by atoms with E-state index < -0.39 is 11.7 Å². The van der Waals surface area contributed by atoms with E-state index in [4.69, 9.17) is 23.2 Å². The number of rotatable bonds is 3. The van der Waals surface area contributed by atoms with Crippen molar-refractivity contribution in [1.29, 1.82) is 0 Å². The second-order valence-electron chi connectivity index (χ2n) is 4.81. The predicted molar refractivity (Wildman–Crippen MR) is 83.4 cm³/mol. The monoisotopic (exact) mass is 325 g/mol. The fraction of sp³-hybridized carbons (Fsp3) is 0.188. The van der Waals surface area contributed by atoms with Crippen molar-refractivity contribution in [2.45, 2.75) is 13.5 Å². The molecule has 0 spiro atoms. The van der Waals surface area contributed by atoms with E-state index in [1.54, 1.807) is 44.3 Å². The Bertz CT molecular complexity index is 688. The normalized spacial score (nSPS) is 10.5. The lowest BCUT2D eigenvalue weighted by Gasteiger charge is -2.19. The number of nitrogens with zero attached hydrogens (tertiary/aromatic N) is 1. The van der Waals surface area contributed by atoms with Crippen molar-refractivity contribution in [1.82, 2.24) is 4.90 Å². The van der Waals surface area contributed by atoms with Crippen LogP contribution in [0.5, 0.6) is 0 Å². The molecule has 5 heteroatoms. The Morgan fingerprint density at radius 1 is 1.19 bits per heavy atom. The van der Waals surface area contributed by atoms with Crippen molar-refractivity contribution in [2.75, 3.05) is 7.05 Å². The van der Waals surface area contributed by atoms with Crippen molar-refractivity contribution in [2.24, 2.45) is 0 Å². The Kier molecular flexibility index (Phi) is 4.86. The van der Waals surface area contributed by atoms with E-state index in [1.807, 2.05) is 0 Å². The van der Waals surface area contributed by atoms with Crippen molar-refractivity contribution in [3.8, 4) is 0 Å². The lowest BCUT2D eigenvalue weighted by atomic mass is 10.1. The largest absolute Gasteiger partial charge is 0.337 e. The summed E-state index contributed by atoms with van der Waals surface area (Å²) in [6.45, 7) is 1.88. The predicted octanol–water partition coefficient (Wildman–Crippen LogP) is 4.71. The summed E-state index contributed by atoms with van der Waals surface area (Å²) >= 11 is 12.0. The van der Waals surface area contributed by atoms with Crippen LogP contribution < -0.4 is 0 Å². The molecule has 0 radical (unpaired) electrons. The fourth-order valence-electron chi connectivity index (χ4n) is 2.02. The van der Waals surface area contributed by atoms with Crippen LogP contribution in [-0.2, 0) is 6.54 Å². The quantitative estimate of drug-likeness (QED) is 0.800. The van der Waals surface area contributed by atoms with Gasteiger partial charge in [0.2, 0.25) is 0 Å². The summed E-state index contributed by atoms with van der Waals surface area (Å²) in [6, 6.07) is 9.97. The van der Waals surface area contributed by atoms with Crippen LogP contribution in [0, 0.1) is 12.7 Å². The molecule has 0 N–H and O–H groups in total. The van der Waals surface area contributed by atoms with Gasteiger partial charge in [-0.2, -0.15) is 0 Å². The lowest BCUT2D eigenvalue weighted by Crippen LogP contribution is -2.27. The van der Waals surface area contributed by atoms with Crippen LogP contribution in [0.4, 0.5) is 4.39 Å². The molecule has 2 rings (SSSR count). The Balaban J connectivity index is 2.24. The van der Waals surface area contributed by atoms with Gasteiger partial charge in [0.15, 0.2) is 0 Å². The molecule has 0 atom stereocenters. The van der Waals surface area contributed by atoms with Gasteiger partial charge < -0.3 is 4.90 Å². The van der Waals surface area contributed by atoms with Crippen LogP contribution in [0.2, 0.25) is 10.0 Å². The molecule has 2 aromatic rings. The van der Waals surface area contributed by atoms with E-state index in [2.05, 4.69) is 0 Å². The van der Waals surface area contributed by atoms with E-state index in [0.717, 1.165) is 0 Å². The minimum atomic E-state index is -0.494. The van der Waals surface area contributed by atoms with Gasteiger partial charge in [0.05, 0.1) is 15.6 Å². The Labute approximate surface area is 133 Å². The molecular formula is C16H14Cl2FNO. The summed E-state index contributed by atoms with van der Waals surface area (Å²) in [4.78, 5) is 13.7. The average molecular weight is 326 g/mol. The van der Waals surface area contributed by atoms with Gasteiger partial charge in [0.25, 0.3) is 5.91 Å². The zero-order valence-corrected chi connectivity index (χ0v) is 13.2. The summed E-state index contributed by atoms with van der Waals surface area (Å²) in [5.74, 6) is -0.890. The summed E-state index contributed by atoms with van der Waals surface area (Å²) in [6.07, 6.45) is 0. The van der Waals surface area contributed by atoms with E-state index in [9.17, 15) is 9.18 Å². The molecule has 2 nitrogen and oxygen atoms in total. The molecule has 0 saturated heterocycles. The molecule has 0 saturated carbocycles. The van der Waals surface area contributed by atoms with E-state index in [0.29, 0.717) is 21.2 Å². The van der Waals surface area contributed by atoms with Crippen LogP contribution in [0.1, 0.15) is 21.5 Å². The number of hydrogen-bond donors (Lipinski definition) is 0. The van der Waals surface area contributed by atoms with Crippen LogP contribution in [0.15, 0.2) is 36.4 Å². The number of benzene rings is 2. The zero-order valence-electron chi connectivity index (χ0n) is 11.7. The third-order valence-corrected chi connectivity index (χ3v) is 4.07. The highest BCUT2D eigenvalue weighted by atomic mass is 35.5. The summed E-state index contributed by atoms with van der Waals surface area (Å²) in [5, 5.41) is 0.834. The average Bonchev–Trinajstić information content (AvgIpc) is 2.46. The maximum absolute atomic E-state index is 14.0. The molecule has 0 aliphatic heterocycles. The summed E-state index contributed by atoms with van der Waals surface area (Å²) in [7, 11) is 1.60. The highest BCUT2D eigenvalue weighted by Gasteiger charge is 2.18. The molecule has 0 unspecified atom stereocenters. The van der Waals surface area contributed by atoms with Crippen LogP contribution in [-0.4, -0.2) is 17.9 Å². The minimum Gasteiger partial charge on any atom is -0.337 e. The van der Waals surface area contributed by atoms with Crippen LogP contribution in [0.3, 0.4) is 0 Å². The van der Waals surface area contributed by atoms with Gasteiger partial charge in [-0.1, -0.05) is 47.5 Å². The topological polar surface area (TPSA) is 20.3 Å². The molecule has 0 heterocycles. The third kappa shape index (κ3) is 3.36. The van der Waals surface area contributed by atoms with E-state index in [1.165, 1.54) is 11.0 Å². The number of hydrogen-bond acceptors (Lipinski definition) is 1. The maximum atomic E-state index is 14.0. The lowest BCUT2D eigenvalue weighted by molar-refractivity contribution is 0.0780. The van der Waals surface area contributed by atoms with Gasteiger partial charge in [-0.3, -0.25) is 4.79 Å². The highest BCUT2D eigenvalue weighted by molar-refractivity contribution is 6.42. The van der Waals surface area contributed by atoms with Gasteiger partial charge in [0.1, 0.15) is 5.82 Å². The molecular weight excluding hydrogens is 312 g/mol. The molecule has 110 valence electrons. The van der Waals surface area contributed by atoms with Gasteiger partial charge in [-0.15, -0.1) is 0 Å². The molecule has 1 amide bonds. The molecule has 0 aliphatic rings. The van der Waals surface area contributed by atoms with Gasteiger partial charge >= 0.3 is 0 Å². The highest BCUT2D eigenvalue weighted by Crippen LogP contribution is 2.26. The molecule has 0 aliphatic carbocycles. The Hall–Kier alpha value is -1.58. The fourth-order valence-corrected chi connectivity index (χ4v) is 2.40. The molecule has 0 fully saturated rings. The van der Waals surface area contributed by atoms with E-state index >= 15 is 0 Å². The first-order valence-electron chi connectivity index (χ1n) is 6.35. The maximum Gasteiger partial charge on any atom is 0.256 e. The van der Waals surface area contributed by atoms with Crippen molar-refractivity contribution in [3.63, 3.8) is 0 Å². The first-order chi connectivity index (χ1) is 9.91. The summed E-state index contributed by atoms with van der Waals surface area (Å²) < 4.78 is 14.0. The van der Waals surface area contributed by atoms with Crippen molar-refractivity contribution >= 4 is 29.1 Å². The molecule has 0 bridgehead atoms. The SMILES string of the molecule is Cc1cccc(C(=O)N(C)Cc2cccc(Cl)c2Cl)c1F. The van der Waals surface area contributed by atoms with Crippen molar-refractivity contribution < 1.29 is 9.18 Å². The van der Waals surface area contributed by atoms with Gasteiger partial charge in [-0.05, 0) is 30.2 Å². The molecule has 2 aromatic carbocycles. The smallest absolute Gasteiger partial charge is 0.256 e. The Morgan fingerprint density at radius 3 is 2.57 bits per heavy atom. The molecule has 21 heavy (non-hydrogen) atoms. The number of halogens is 3. The third-order valence-electron chi connectivity index (χ3n) is 3.21. The first-order valence-corrected chi connectivity index (χ1v) is 7.11. The number of aryl methyl sites for hydroxylation is 1. The first kappa shape index (κ1) is 15.8. The van der Waals surface area contributed by atoms with E-state index in [-0.39, 0.29) is 12.1 Å². The zero-order chi connectivity index (χ0) is 15.6. The van der Waals surface area contributed by atoms with Gasteiger partial charge in [0, 0.05) is 13.6 Å². The van der Waals surface area contributed by atoms with Crippen LogP contribution >= 0.6 is 23.2 Å². The second-order valence-corrected chi connectivity index (χ2v) is 5.60. The summed E-state index contributed by atoms with van der Waals surface area (Å²) in [5.41, 5.74) is 1.21. The molecule has 0 aromatic heterocycles. The minimum absolute atomic E-state index is 0.0515. The van der Waals surface area contributed by atoms with Crippen molar-refractivity contribution in [3.05, 3.63) is 69.0 Å². The standard InChI is InChI=1S/C16H14Cl2FNO/c1-10-5-3-7-12(15(10)19)16(21)20(2)9-11-6-4-8-13(17)14(11)18/h3-8H,9H2,1-2H3. The number of carbonyl (C=O) groups excluding carboxylic acids is 1. The number of carbonyl (C=O) groups is 1. The van der Waals surface area contributed by atoms with Gasteiger partial charge in [-0.25, -0.2) is 4.39 Å².